The second-order valence-corrected chi connectivity index (χ2v) is 7.52. The third-order valence-electron chi connectivity index (χ3n) is 4.83. The summed E-state index contributed by atoms with van der Waals surface area (Å²) in [5, 5.41) is 24.9. The Balaban J connectivity index is 1.84. The van der Waals surface area contributed by atoms with Crippen LogP contribution in [0.1, 0.15) is 29.0 Å². The average Bonchev–Trinajstić information content (AvgIpc) is 3.41. The van der Waals surface area contributed by atoms with Crippen LogP contribution in [0.3, 0.4) is 0 Å². The number of fused-ring (bicyclic) bond motifs is 1. The van der Waals surface area contributed by atoms with Gasteiger partial charge in [-0.25, -0.2) is 0 Å². The van der Waals surface area contributed by atoms with E-state index < -0.39 is 0 Å². The molecule has 0 amide bonds. The fraction of sp³-hybridized carbons (Fsp3) is 0.300. The van der Waals surface area contributed by atoms with Gasteiger partial charge < -0.3 is 14.6 Å². The Kier molecular flexibility index (Phi) is 5.17. The molecule has 1 aromatic carbocycles. The van der Waals surface area contributed by atoms with Gasteiger partial charge in [-0.2, -0.15) is 9.50 Å². The maximum Gasteiger partial charge on any atom is 0.230 e. The first kappa shape index (κ1) is 18.7. The largest absolute Gasteiger partial charge is 0.492 e. The predicted molar refractivity (Wildman–Crippen MR) is 108 cm³/mol. The summed E-state index contributed by atoms with van der Waals surface area (Å²) in [5.41, 5.74) is 2.21. The van der Waals surface area contributed by atoms with Crippen LogP contribution in [0.2, 0.25) is 0 Å². The molecule has 4 rings (SSSR count). The van der Waals surface area contributed by atoms with Crippen molar-refractivity contribution in [3.63, 3.8) is 0 Å². The highest BCUT2D eigenvalue weighted by atomic mass is 32.1. The van der Waals surface area contributed by atoms with E-state index in [9.17, 15) is 10.2 Å². The fourth-order valence-corrected chi connectivity index (χ4v) is 4.54. The lowest BCUT2D eigenvalue weighted by Gasteiger charge is -2.30. The van der Waals surface area contributed by atoms with Gasteiger partial charge in [-0.3, -0.25) is 4.90 Å². The second kappa shape index (κ2) is 7.75. The van der Waals surface area contributed by atoms with Crippen molar-refractivity contribution in [2.75, 3.05) is 19.7 Å². The zero-order valence-electron chi connectivity index (χ0n) is 15.7. The van der Waals surface area contributed by atoms with Crippen LogP contribution < -0.4 is 0 Å². The number of furan rings is 1. The van der Waals surface area contributed by atoms with Crippen LogP contribution in [-0.4, -0.2) is 49.4 Å². The molecule has 0 bridgehead atoms. The summed E-state index contributed by atoms with van der Waals surface area (Å²) in [7, 11) is 0. The van der Waals surface area contributed by atoms with Gasteiger partial charge in [0, 0.05) is 6.54 Å². The maximum atomic E-state index is 11.0. The molecule has 1 atom stereocenters. The van der Waals surface area contributed by atoms with E-state index in [0.29, 0.717) is 23.1 Å². The summed E-state index contributed by atoms with van der Waals surface area (Å²) >= 11 is 1.40. The van der Waals surface area contributed by atoms with E-state index in [-0.39, 0.29) is 18.5 Å². The average molecular weight is 398 g/mol. The normalized spacial score (nSPS) is 12.9. The van der Waals surface area contributed by atoms with Gasteiger partial charge in [-0.1, -0.05) is 42.5 Å². The van der Waals surface area contributed by atoms with Crippen LogP contribution in [0.25, 0.3) is 16.5 Å². The molecular formula is C20H22N4O3S. The number of likely N-dealkylation sites (N-methyl/N-ethyl adjacent to an activating group) is 1. The van der Waals surface area contributed by atoms with Crippen LogP contribution in [0.4, 0.5) is 0 Å². The minimum Gasteiger partial charge on any atom is -0.492 e. The molecule has 0 aliphatic rings. The van der Waals surface area contributed by atoms with Gasteiger partial charge in [0.25, 0.3) is 0 Å². The summed E-state index contributed by atoms with van der Waals surface area (Å²) in [4.78, 5) is 8.00. The van der Waals surface area contributed by atoms with Gasteiger partial charge >= 0.3 is 0 Å². The molecule has 3 aromatic heterocycles. The smallest absolute Gasteiger partial charge is 0.230 e. The summed E-state index contributed by atoms with van der Waals surface area (Å²) in [5.74, 6) is 1.06. The number of hydrogen-bond donors (Lipinski definition) is 2. The number of aryl methyl sites for hydroxylation is 1. The molecule has 0 radical (unpaired) electrons. The number of aliphatic hydroxyl groups excluding tert-OH is 1. The van der Waals surface area contributed by atoms with Gasteiger partial charge in [-0.15, -0.1) is 5.10 Å². The molecule has 8 heteroatoms. The molecule has 4 aromatic rings. The second-order valence-electron chi connectivity index (χ2n) is 6.51. The number of aromatic nitrogens is 3. The zero-order chi connectivity index (χ0) is 19.7. The van der Waals surface area contributed by atoms with E-state index in [1.165, 1.54) is 15.9 Å². The van der Waals surface area contributed by atoms with Crippen LogP contribution >= 0.6 is 11.3 Å². The van der Waals surface area contributed by atoms with Crippen molar-refractivity contribution in [2.45, 2.75) is 19.9 Å². The number of benzene rings is 1. The number of hydrogen-bond acceptors (Lipinski definition) is 7. The Morgan fingerprint density at radius 2 is 2.07 bits per heavy atom. The Bertz CT molecular complexity index is 1070. The molecule has 0 saturated heterocycles. The molecule has 0 spiro atoms. The monoisotopic (exact) mass is 398 g/mol. The van der Waals surface area contributed by atoms with E-state index >= 15 is 0 Å². The molecule has 2 N–H and O–H groups in total. The van der Waals surface area contributed by atoms with Crippen molar-refractivity contribution >= 4 is 16.3 Å². The van der Waals surface area contributed by atoms with Crippen molar-refractivity contribution in [3.05, 3.63) is 58.7 Å². The molecule has 1 unspecified atom stereocenters. The zero-order valence-corrected chi connectivity index (χ0v) is 16.6. The number of aliphatic hydroxyl groups is 1. The Morgan fingerprint density at radius 3 is 2.71 bits per heavy atom. The number of thiazole rings is 1. The SMILES string of the molecule is CCN(CCO)C(c1ccccc1C)c1sc2nc(-c3ccco3)nn2c1O. The highest BCUT2D eigenvalue weighted by Crippen LogP contribution is 2.41. The number of aromatic hydroxyl groups is 1. The Hall–Kier alpha value is -2.68. The number of rotatable bonds is 7. The van der Waals surface area contributed by atoms with Gasteiger partial charge in [0.2, 0.25) is 16.7 Å². The molecule has 3 heterocycles. The van der Waals surface area contributed by atoms with Crippen molar-refractivity contribution in [1.82, 2.24) is 19.5 Å². The lowest BCUT2D eigenvalue weighted by atomic mass is 9.98. The van der Waals surface area contributed by atoms with Gasteiger partial charge in [0.1, 0.15) is 0 Å². The molecule has 0 fully saturated rings. The lowest BCUT2D eigenvalue weighted by molar-refractivity contribution is 0.174. The molecule has 28 heavy (non-hydrogen) atoms. The van der Waals surface area contributed by atoms with Crippen molar-refractivity contribution in [2.24, 2.45) is 0 Å². The summed E-state index contributed by atoms with van der Waals surface area (Å²) in [6, 6.07) is 11.5. The first-order valence-corrected chi connectivity index (χ1v) is 9.98. The Labute approximate surface area is 166 Å². The molecule has 0 aliphatic heterocycles. The van der Waals surface area contributed by atoms with E-state index in [2.05, 4.69) is 34.0 Å². The molecule has 0 saturated carbocycles. The quantitative estimate of drug-likeness (QED) is 0.496. The van der Waals surface area contributed by atoms with Crippen molar-refractivity contribution in [3.8, 4) is 17.5 Å². The highest BCUT2D eigenvalue weighted by molar-refractivity contribution is 7.17. The van der Waals surface area contributed by atoms with Crippen LogP contribution in [0.5, 0.6) is 5.88 Å². The van der Waals surface area contributed by atoms with Crippen LogP contribution in [-0.2, 0) is 0 Å². The first-order chi connectivity index (χ1) is 13.6. The lowest BCUT2D eigenvalue weighted by Crippen LogP contribution is -2.32. The standard InChI is InChI=1S/C20H22N4O3S/c1-3-23(10-11-25)16(14-8-5-4-7-13(14)2)17-19(26)24-20(28-17)21-18(22-24)15-9-6-12-27-15/h4-9,12,16,25-26H,3,10-11H2,1-2H3. The van der Waals surface area contributed by atoms with Crippen molar-refractivity contribution < 1.29 is 14.6 Å². The number of nitrogens with zero attached hydrogens (tertiary/aromatic N) is 4. The topological polar surface area (TPSA) is 87.0 Å². The minimum atomic E-state index is -0.195. The van der Waals surface area contributed by atoms with Gasteiger partial charge in [0.15, 0.2) is 5.76 Å². The summed E-state index contributed by atoms with van der Waals surface area (Å²) in [6.45, 7) is 5.37. The molecular weight excluding hydrogens is 376 g/mol. The van der Waals surface area contributed by atoms with Crippen LogP contribution in [0.15, 0.2) is 47.1 Å². The molecule has 146 valence electrons. The Morgan fingerprint density at radius 1 is 1.25 bits per heavy atom. The fourth-order valence-electron chi connectivity index (χ4n) is 3.43. The van der Waals surface area contributed by atoms with E-state index in [4.69, 9.17) is 4.42 Å². The minimum absolute atomic E-state index is 0.0420. The van der Waals surface area contributed by atoms with E-state index in [1.807, 2.05) is 19.1 Å². The molecule has 0 aliphatic carbocycles. The highest BCUT2D eigenvalue weighted by Gasteiger charge is 2.30. The summed E-state index contributed by atoms with van der Waals surface area (Å²) < 4.78 is 6.81. The van der Waals surface area contributed by atoms with Crippen LogP contribution in [0, 0.1) is 6.92 Å². The third-order valence-corrected chi connectivity index (χ3v) is 5.90. The third kappa shape index (κ3) is 3.19. The maximum absolute atomic E-state index is 11.0. The van der Waals surface area contributed by atoms with Crippen molar-refractivity contribution in [1.29, 1.82) is 0 Å². The first-order valence-electron chi connectivity index (χ1n) is 9.16. The summed E-state index contributed by atoms with van der Waals surface area (Å²) in [6.07, 6.45) is 1.57. The van der Waals surface area contributed by atoms with E-state index in [1.54, 1.807) is 18.4 Å². The molecule has 7 nitrogen and oxygen atoms in total. The predicted octanol–water partition coefficient (Wildman–Crippen LogP) is 3.47. The van der Waals surface area contributed by atoms with Gasteiger partial charge in [-0.05, 0) is 36.7 Å². The van der Waals surface area contributed by atoms with E-state index in [0.717, 1.165) is 22.5 Å². The van der Waals surface area contributed by atoms with Gasteiger partial charge in [0.05, 0.1) is 23.8 Å².